The molecule has 0 unspecified atom stereocenters. The van der Waals surface area contributed by atoms with Gasteiger partial charge in [0.2, 0.25) is 15.9 Å². The molecule has 1 aromatic carbocycles. The summed E-state index contributed by atoms with van der Waals surface area (Å²) < 4.78 is 27.8. The molecule has 1 amide bonds. The van der Waals surface area contributed by atoms with E-state index >= 15 is 0 Å². The smallest absolute Gasteiger partial charge is 0.338 e. The number of likely N-dealkylation sites (tertiary alicyclic amines) is 1. The molecule has 1 aliphatic heterocycles. The number of carbonyl (C=O) groups excluding carboxylic acids is 2. The molecule has 0 saturated carbocycles. The van der Waals surface area contributed by atoms with E-state index in [2.05, 4.69) is 0 Å². The van der Waals surface area contributed by atoms with Crippen LogP contribution >= 0.6 is 0 Å². The van der Waals surface area contributed by atoms with Crippen LogP contribution in [0, 0.1) is 6.92 Å². The van der Waals surface area contributed by atoms with Gasteiger partial charge in [-0.2, -0.15) is 0 Å². The molecule has 1 aliphatic rings. The van der Waals surface area contributed by atoms with Gasteiger partial charge in [-0.1, -0.05) is 6.07 Å². The molecule has 2 rings (SSSR count). The van der Waals surface area contributed by atoms with Crippen molar-refractivity contribution in [1.82, 2.24) is 4.90 Å². The van der Waals surface area contributed by atoms with Gasteiger partial charge in [0.1, 0.15) is 6.61 Å². The molecule has 0 bridgehead atoms. The molecule has 120 valence electrons. The molecule has 0 aromatic heterocycles. The largest absolute Gasteiger partial charge is 0.460 e. The molecule has 1 heterocycles. The Labute approximate surface area is 129 Å². The first-order chi connectivity index (χ1) is 10.3. The van der Waals surface area contributed by atoms with Crippen molar-refractivity contribution in [2.24, 2.45) is 5.14 Å². The molecular formula is C14H18N2O5S. The van der Waals surface area contributed by atoms with E-state index in [1.54, 1.807) is 11.8 Å². The predicted molar refractivity (Wildman–Crippen MR) is 78.6 cm³/mol. The summed E-state index contributed by atoms with van der Waals surface area (Å²) in [6.45, 7) is 2.77. The van der Waals surface area contributed by atoms with Gasteiger partial charge in [-0.25, -0.2) is 18.4 Å². The second-order valence-electron chi connectivity index (χ2n) is 5.14. The van der Waals surface area contributed by atoms with Crippen molar-refractivity contribution in [1.29, 1.82) is 0 Å². The highest BCUT2D eigenvalue weighted by molar-refractivity contribution is 7.89. The maximum absolute atomic E-state index is 12.0. The number of nitrogens with zero attached hydrogens (tertiary/aromatic N) is 1. The summed E-state index contributed by atoms with van der Waals surface area (Å²) in [5.41, 5.74) is 0.744. The van der Waals surface area contributed by atoms with E-state index in [-0.39, 0.29) is 23.0 Å². The van der Waals surface area contributed by atoms with Crippen LogP contribution in [0.5, 0.6) is 0 Å². The number of aryl methyl sites for hydroxylation is 1. The monoisotopic (exact) mass is 326 g/mol. The maximum atomic E-state index is 12.0. The van der Waals surface area contributed by atoms with E-state index in [0.29, 0.717) is 25.1 Å². The normalized spacial score (nSPS) is 15.2. The molecule has 8 heteroatoms. The van der Waals surface area contributed by atoms with Gasteiger partial charge in [0.05, 0.1) is 17.0 Å². The number of amides is 1. The lowest BCUT2D eigenvalue weighted by molar-refractivity contribution is -0.128. The van der Waals surface area contributed by atoms with Crippen LogP contribution in [0.1, 0.15) is 28.8 Å². The highest BCUT2D eigenvalue weighted by atomic mass is 32.2. The van der Waals surface area contributed by atoms with Crippen molar-refractivity contribution in [2.45, 2.75) is 24.7 Å². The van der Waals surface area contributed by atoms with E-state index in [9.17, 15) is 18.0 Å². The number of hydrogen-bond donors (Lipinski definition) is 1. The Hall–Kier alpha value is -1.93. The van der Waals surface area contributed by atoms with Gasteiger partial charge in [0, 0.05) is 13.0 Å². The molecule has 0 spiro atoms. The van der Waals surface area contributed by atoms with Crippen molar-refractivity contribution in [3.63, 3.8) is 0 Å². The van der Waals surface area contributed by atoms with Gasteiger partial charge < -0.3 is 9.64 Å². The number of esters is 1. The first-order valence-electron chi connectivity index (χ1n) is 6.87. The Balaban J connectivity index is 2.01. The first-order valence-corrected chi connectivity index (χ1v) is 8.42. The van der Waals surface area contributed by atoms with Crippen LogP contribution in [0.25, 0.3) is 0 Å². The molecule has 7 nitrogen and oxygen atoms in total. The highest BCUT2D eigenvalue weighted by Crippen LogP contribution is 2.16. The Morgan fingerprint density at radius 2 is 2.14 bits per heavy atom. The predicted octanol–water partition coefficient (Wildman–Crippen LogP) is 0.422. The van der Waals surface area contributed by atoms with Gasteiger partial charge >= 0.3 is 5.97 Å². The van der Waals surface area contributed by atoms with Crippen LogP contribution in [-0.4, -0.2) is 44.9 Å². The molecular weight excluding hydrogens is 308 g/mol. The Morgan fingerprint density at radius 3 is 2.73 bits per heavy atom. The first kappa shape index (κ1) is 16.4. The van der Waals surface area contributed by atoms with Gasteiger partial charge in [0.15, 0.2) is 0 Å². The van der Waals surface area contributed by atoms with Crippen LogP contribution in [0.15, 0.2) is 23.1 Å². The Bertz CT molecular complexity index is 699. The number of ether oxygens (including phenoxy) is 1. The summed E-state index contributed by atoms with van der Waals surface area (Å²) >= 11 is 0. The standard InChI is InChI=1S/C14H18N2O5S/c1-10-4-5-11(22(15,19)20)9-12(10)14(18)21-8-7-16-6-2-3-13(16)17/h4-5,9H,2-3,6-8H2,1H3,(H2,15,19,20). The fourth-order valence-electron chi connectivity index (χ4n) is 2.26. The van der Waals surface area contributed by atoms with Crippen LogP contribution in [0.3, 0.4) is 0 Å². The number of nitrogens with two attached hydrogens (primary N) is 1. The second-order valence-corrected chi connectivity index (χ2v) is 6.70. The SMILES string of the molecule is Cc1ccc(S(N)(=O)=O)cc1C(=O)OCCN1CCCC1=O. The van der Waals surface area contributed by atoms with Gasteiger partial charge in [-0.05, 0) is 31.0 Å². The summed E-state index contributed by atoms with van der Waals surface area (Å²) in [6, 6.07) is 4.04. The molecule has 0 aliphatic carbocycles. The van der Waals surface area contributed by atoms with Crippen LogP contribution in [0.4, 0.5) is 0 Å². The fourth-order valence-corrected chi connectivity index (χ4v) is 2.80. The number of benzene rings is 1. The lowest BCUT2D eigenvalue weighted by Crippen LogP contribution is -2.29. The minimum atomic E-state index is -3.88. The zero-order valence-electron chi connectivity index (χ0n) is 12.2. The van der Waals surface area contributed by atoms with E-state index in [1.807, 2.05) is 0 Å². The third kappa shape index (κ3) is 3.83. The van der Waals surface area contributed by atoms with E-state index in [0.717, 1.165) is 6.42 Å². The minimum Gasteiger partial charge on any atom is -0.460 e. The number of primary sulfonamides is 1. The van der Waals surface area contributed by atoms with Crippen LogP contribution in [0.2, 0.25) is 0 Å². The quantitative estimate of drug-likeness (QED) is 0.789. The van der Waals surface area contributed by atoms with Crippen LogP contribution in [-0.2, 0) is 19.6 Å². The zero-order valence-corrected chi connectivity index (χ0v) is 13.1. The average Bonchev–Trinajstić information content (AvgIpc) is 2.83. The fraction of sp³-hybridized carbons (Fsp3) is 0.429. The Kier molecular flexibility index (Phi) is 4.82. The lowest BCUT2D eigenvalue weighted by Gasteiger charge is -2.15. The van der Waals surface area contributed by atoms with E-state index in [4.69, 9.17) is 9.88 Å². The average molecular weight is 326 g/mol. The second kappa shape index (κ2) is 6.45. The highest BCUT2D eigenvalue weighted by Gasteiger charge is 2.21. The summed E-state index contributed by atoms with van der Waals surface area (Å²) in [7, 11) is -3.88. The summed E-state index contributed by atoms with van der Waals surface area (Å²) in [6.07, 6.45) is 1.35. The number of sulfonamides is 1. The van der Waals surface area contributed by atoms with Crippen molar-refractivity contribution < 1.29 is 22.7 Å². The van der Waals surface area contributed by atoms with Crippen molar-refractivity contribution >= 4 is 21.9 Å². The number of carbonyl (C=O) groups is 2. The van der Waals surface area contributed by atoms with Gasteiger partial charge in [-0.3, -0.25) is 4.79 Å². The van der Waals surface area contributed by atoms with Gasteiger partial charge in [0.25, 0.3) is 0 Å². The maximum Gasteiger partial charge on any atom is 0.338 e. The summed E-state index contributed by atoms with van der Waals surface area (Å²) in [5, 5.41) is 5.05. The Morgan fingerprint density at radius 1 is 1.41 bits per heavy atom. The van der Waals surface area contributed by atoms with Crippen molar-refractivity contribution in [2.75, 3.05) is 19.7 Å². The molecule has 22 heavy (non-hydrogen) atoms. The molecule has 1 fully saturated rings. The molecule has 1 saturated heterocycles. The topological polar surface area (TPSA) is 107 Å². The lowest BCUT2D eigenvalue weighted by atomic mass is 10.1. The molecule has 0 atom stereocenters. The van der Waals surface area contributed by atoms with E-state index < -0.39 is 16.0 Å². The number of rotatable bonds is 5. The molecule has 0 radical (unpaired) electrons. The third-order valence-electron chi connectivity index (χ3n) is 3.52. The van der Waals surface area contributed by atoms with Crippen molar-refractivity contribution in [3.8, 4) is 0 Å². The molecule has 2 N–H and O–H groups in total. The third-order valence-corrected chi connectivity index (χ3v) is 4.43. The van der Waals surface area contributed by atoms with Crippen molar-refractivity contribution in [3.05, 3.63) is 29.3 Å². The van der Waals surface area contributed by atoms with Crippen LogP contribution < -0.4 is 5.14 Å². The number of hydrogen-bond acceptors (Lipinski definition) is 5. The van der Waals surface area contributed by atoms with Gasteiger partial charge in [-0.15, -0.1) is 0 Å². The summed E-state index contributed by atoms with van der Waals surface area (Å²) in [5.74, 6) is -0.571. The molecule has 1 aromatic rings. The zero-order chi connectivity index (χ0) is 16.3. The minimum absolute atomic E-state index is 0.0588. The summed E-state index contributed by atoms with van der Waals surface area (Å²) in [4.78, 5) is 25.0. The van der Waals surface area contributed by atoms with E-state index in [1.165, 1.54) is 18.2 Å².